The SMILES string of the molecule is O.O.O.O=S(=O)([O-])OC[C@H]1O[C@@H](O[C@]2(COS(=O)(=O)[O-])O[C@H](OS(=O)(=O)[O-])[C@@H](OS(=O)(=O)[O-])[C@@H]2OS(=O)(=O)[O-])[C@H](OS(=O)(=O)[O-])[C@@H](OS(=O)(=O)[O-])[C@@H]1OS(=O)(=O)[O-].[Al]. The van der Waals surface area contributed by atoms with Gasteiger partial charge in [-0.15, -0.1) is 0 Å². The fourth-order valence-electron chi connectivity index (χ4n) is 3.99. The number of hydrogen-bond donors (Lipinski definition) is 0. The molecule has 0 amide bonds. The highest BCUT2D eigenvalue weighted by molar-refractivity contribution is 7.82. The second kappa shape index (κ2) is 21.1. The van der Waals surface area contributed by atoms with Crippen LogP contribution in [0.5, 0.6) is 0 Å². The highest BCUT2D eigenvalue weighted by Gasteiger charge is 2.65. The van der Waals surface area contributed by atoms with E-state index >= 15 is 0 Å². The second-order valence-electron chi connectivity index (χ2n) is 9.13. The third kappa shape index (κ3) is 21.9. The summed E-state index contributed by atoms with van der Waals surface area (Å²) < 4.78 is 318. The number of ether oxygens (including phenoxy) is 3. The first-order valence-electron chi connectivity index (χ1n) is 11.7. The lowest BCUT2D eigenvalue weighted by atomic mass is 9.99. The summed E-state index contributed by atoms with van der Waals surface area (Å²) in [7, 11) is -51.5. The van der Waals surface area contributed by atoms with Crippen LogP contribution in [0.1, 0.15) is 0 Å². The summed E-state index contributed by atoms with van der Waals surface area (Å²) in [6.45, 7) is -4.79. The highest BCUT2D eigenvalue weighted by Crippen LogP contribution is 2.43. The monoisotopic (exact) mass is 1040 g/mol. The van der Waals surface area contributed by atoms with Gasteiger partial charge in [0, 0.05) is 17.4 Å². The molecule has 58 heavy (non-hydrogen) atoms. The first-order chi connectivity index (χ1) is 23.7. The zero-order valence-corrected chi connectivity index (χ0v) is 33.9. The standard InChI is InChI=1S/C11H20O35S8.Al.3H2O/c12-47(13,14)36-1-3-4(41-49(18,19)20)5(42-50(21,22)23)6(43-51(24,25)26)9(38-3)39-11(2-37-48(15,16)17)8(45-53(30,31)32)7(44-52(27,28)29)10(40-11)46-54(33,34)35;;;;/h3-10H,1-2H2,(H,12,13,14)(H,15,16,17)(H,18,19,20)(H,21,22,23)(H,24,25,26)(H,27,28,29)(H,30,31,32)(H,33,34,35);;3*1H2/p-8/t3-,4-,5+,6-,7+,8+,9+,10-,11-;;;;/m1..../s1. The first kappa shape index (κ1) is 61.6. The third-order valence-electron chi connectivity index (χ3n) is 5.35. The molecule has 0 bridgehead atoms. The van der Waals surface area contributed by atoms with Crippen molar-refractivity contribution in [2.75, 3.05) is 13.2 Å². The maximum atomic E-state index is 11.6. The average Bonchev–Trinajstić information content (AvgIpc) is 3.10. The molecule has 0 spiro atoms. The van der Waals surface area contributed by atoms with Gasteiger partial charge in [-0.1, -0.05) is 0 Å². The van der Waals surface area contributed by atoms with Crippen molar-refractivity contribution in [1.82, 2.24) is 0 Å². The maximum Gasteiger partial charge on any atom is 0.229 e. The van der Waals surface area contributed by atoms with Crippen molar-refractivity contribution in [2.24, 2.45) is 0 Å². The van der Waals surface area contributed by atoms with Gasteiger partial charge in [0.25, 0.3) is 0 Å². The van der Waals surface area contributed by atoms with E-state index in [1.54, 1.807) is 0 Å². The Kier molecular flexibility index (Phi) is 22.4. The zero-order chi connectivity index (χ0) is 42.3. The molecule has 0 aliphatic carbocycles. The lowest BCUT2D eigenvalue weighted by Gasteiger charge is -2.47. The quantitative estimate of drug-likeness (QED) is 0.0620. The van der Waals surface area contributed by atoms with Crippen molar-refractivity contribution in [3.63, 3.8) is 0 Å². The predicted molar refractivity (Wildman–Crippen MR) is 149 cm³/mol. The summed E-state index contributed by atoms with van der Waals surface area (Å²) in [5.41, 5.74) is 0. The molecule has 2 aliphatic heterocycles. The van der Waals surface area contributed by atoms with Crippen molar-refractivity contribution in [1.29, 1.82) is 0 Å². The van der Waals surface area contributed by atoms with E-state index < -0.39 is 151 Å². The Morgan fingerprint density at radius 3 is 1.17 bits per heavy atom. The van der Waals surface area contributed by atoms with Gasteiger partial charge in [-0.25, -0.2) is 71.5 Å². The Labute approximate surface area is 335 Å². The summed E-state index contributed by atoms with van der Waals surface area (Å²) in [4.78, 5) is 0. The molecule has 0 aromatic heterocycles. The van der Waals surface area contributed by atoms with E-state index in [9.17, 15) is 104 Å². The largest absolute Gasteiger partial charge is 0.726 e. The highest BCUT2D eigenvalue weighted by atomic mass is 32.3. The van der Waals surface area contributed by atoms with Crippen LogP contribution in [0.15, 0.2) is 0 Å². The van der Waals surface area contributed by atoms with Crippen LogP contribution in [0.2, 0.25) is 0 Å². The van der Waals surface area contributed by atoms with Crippen LogP contribution < -0.4 is 0 Å². The van der Waals surface area contributed by atoms with E-state index in [2.05, 4.69) is 38.2 Å². The molecule has 2 rings (SSSR count). The number of rotatable bonds is 20. The van der Waals surface area contributed by atoms with Gasteiger partial charge in [0.15, 0.2) is 24.6 Å². The molecule has 0 aromatic rings. The number of hydrogen-bond acceptors (Lipinski definition) is 35. The minimum atomic E-state index is -6.63. The summed E-state index contributed by atoms with van der Waals surface area (Å²) in [6, 6.07) is 0. The van der Waals surface area contributed by atoms with Gasteiger partial charge in [-0.2, -0.15) is 0 Å². The van der Waals surface area contributed by atoms with Crippen LogP contribution >= 0.6 is 0 Å². The molecule has 349 valence electrons. The van der Waals surface area contributed by atoms with E-state index in [0.29, 0.717) is 0 Å². The van der Waals surface area contributed by atoms with Crippen molar-refractivity contribution in [2.45, 2.75) is 55.0 Å². The molecule has 6 N–H and O–H groups in total. The van der Waals surface area contributed by atoms with Gasteiger partial charge in [-0.05, 0) is 0 Å². The minimum absolute atomic E-state index is 0. The van der Waals surface area contributed by atoms with Crippen molar-refractivity contribution in [3.8, 4) is 0 Å². The molecule has 38 nitrogen and oxygen atoms in total. The molecule has 0 saturated carbocycles. The molecule has 47 heteroatoms. The molecule has 2 aliphatic rings. The predicted octanol–water partition coefficient (Wildman–Crippen LogP) is -12.4. The van der Waals surface area contributed by atoms with Crippen LogP contribution in [0.4, 0.5) is 0 Å². The fourth-order valence-corrected chi connectivity index (χ4v) is 7.43. The van der Waals surface area contributed by atoms with Crippen LogP contribution in [0.3, 0.4) is 0 Å². The van der Waals surface area contributed by atoms with E-state index in [-0.39, 0.29) is 33.8 Å². The van der Waals surface area contributed by atoms with Gasteiger partial charge in [-0.3, -0.25) is 29.3 Å². The topological polar surface area (TPSA) is 654 Å². The van der Waals surface area contributed by atoms with Crippen LogP contribution in [-0.2, 0) is 131 Å². The summed E-state index contributed by atoms with van der Waals surface area (Å²) >= 11 is 0. The molecular weight excluding hydrogens is 1020 g/mol. The Hall–Kier alpha value is -0.748. The zero-order valence-electron chi connectivity index (χ0n) is 26.2. The average molecular weight is 1040 g/mol. The van der Waals surface area contributed by atoms with Gasteiger partial charge in [0.05, 0.1) is 6.61 Å². The second-order valence-corrected chi connectivity index (χ2v) is 17.3. The van der Waals surface area contributed by atoms with Crippen LogP contribution in [-0.4, -0.2) is 206 Å². The van der Waals surface area contributed by atoms with Crippen molar-refractivity contribution < 1.29 is 168 Å². The van der Waals surface area contributed by atoms with E-state index in [0.717, 1.165) is 0 Å². The van der Waals surface area contributed by atoms with Gasteiger partial charge in [0.2, 0.25) is 95.3 Å². The van der Waals surface area contributed by atoms with E-state index in [4.69, 9.17) is 9.47 Å². The van der Waals surface area contributed by atoms with Gasteiger partial charge in [0.1, 0.15) is 24.9 Å². The van der Waals surface area contributed by atoms with E-state index in [1.165, 1.54) is 0 Å². The summed E-state index contributed by atoms with van der Waals surface area (Å²) in [6.07, 6.45) is -28.8. The third-order valence-corrected chi connectivity index (χ3v) is 8.89. The van der Waals surface area contributed by atoms with Gasteiger partial charge >= 0.3 is 0 Å². The van der Waals surface area contributed by atoms with Crippen molar-refractivity contribution >= 4 is 101 Å². The normalized spacial score (nSPS) is 28.9. The van der Waals surface area contributed by atoms with Crippen molar-refractivity contribution in [3.05, 3.63) is 0 Å². The Bertz CT molecular complexity index is 2270. The molecular formula is C11H18AlO38S8-8. The van der Waals surface area contributed by atoms with E-state index in [1.807, 2.05) is 0 Å². The Balaban J connectivity index is -0.00000756. The fraction of sp³-hybridized carbons (Fsp3) is 1.00. The van der Waals surface area contributed by atoms with Crippen LogP contribution in [0, 0.1) is 0 Å². The molecule has 9 atom stereocenters. The Morgan fingerprint density at radius 2 is 0.793 bits per heavy atom. The van der Waals surface area contributed by atoms with Gasteiger partial charge < -0.3 is 67.1 Å². The molecule has 2 saturated heterocycles. The smallest absolute Gasteiger partial charge is 0.229 e. The molecule has 2 heterocycles. The molecule has 0 aromatic carbocycles. The first-order valence-corrected chi connectivity index (χ1v) is 22.4. The summed E-state index contributed by atoms with van der Waals surface area (Å²) in [5, 5.41) is 0. The lowest BCUT2D eigenvalue weighted by Crippen LogP contribution is -2.65. The van der Waals surface area contributed by atoms with Crippen LogP contribution in [0.25, 0.3) is 0 Å². The minimum Gasteiger partial charge on any atom is -0.726 e. The molecule has 0 unspecified atom stereocenters. The summed E-state index contributed by atoms with van der Waals surface area (Å²) in [5.74, 6) is -4.46. The Morgan fingerprint density at radius 1 is 0.431 bits per heavy atom. The molecule has 2 fully saturated rings. The molecule has 3 radical (unpaired) electrons. The lowest BCUT2D eigenvalue weighted by molar-refractivity contribution is -0.380. The maximum absolute atomic E-state index is 11.6.